The lowest BCUT2D eigenvalue weighted by Gasteiger charge is -2.12. The molecule has 2 heterocycles. The van der Waals surface area contributed by atoms with Crippen molar-refractivity contribution >= 4 is 33.0 Å². The van der Waals surface area contributed by atoms with E-state index in [0.717, 1.165) is 0 Å². The zero-order valence-electron chi connectivity index (χ0n) is 28.0. The largest absolute Gasteiger partial charge is 0.467 e. The summed E-state index contributed by atoms with van der Waals surface area (Å²) in [6.45, 7) is 24.7. The van der Waals surface area contributed by atoms with Gasteiger partial charge in [0.25, 0.3) is 11.1 Å². The van der Waals surface area contributed by atoms with Gasteiger partial charge in [0.15, 0.2) is 34.5 Å². The van der Waals surface area contributed by atoms with Crippen molar-refractivity contribution < 1.29 is 18.3 Å². The van der Waals surface area contributed by atoms with Crippen molar-refractivity contribution in [3.63, 3.8) is 0 Å². The molecule has 0 aliphatic rings. The molecule has 0 aliphatic heterocycles. The monoisotopic (exact) mass is 773 g/mol. The third-order valence-corrected chi connectivity index (χ3v) is 8.19. The Hall–Kier alpha value is -6.95. The Morgan fingerprint density at radius 1 is 0.660 bits per heavy atom. The zero-order chi connectivity index (χ0) is 38.1. The molecule has 0 saturated heterocycles. The summed E-state index contributed by atoms with van der Waals surface area (Å²) in [6, 6.07) is 22.3. The molecule has 0 fully saturated rings. The van der Waals surface area contributed by atoms with Crippen LogP contribution in [0.5, 0.6) is 23.0 Å². The van der Waals surface area contributed by atoms with Crippen LogP contribution in [0, 0.1) is 45.2 Å². The van der Waals surface area contributed by atoms with Crippen LogP contribution in [-0.2, 0) is 12.8 Å². The van der Waals surface area contributed by atoms with E-state index in [1.165, 1.54) is 18.2 Å². The number of aryl methyl sites for hydroxylation is 2. The number of aromatic amines is 2. The number of benzene rings is 4. The highest BCUT2D eigenvalue weighted by Crippen LogP contribution is 2.38. The van der Waals surface area contributed by atoms with Crippen LogP contribution in [0.15, 0.2) is 99.0 Å². The van der Waals surface area contributed by atoms with Crippen molar-refractivity contribution in [3.05, 3.63) is 190 Å². The fourth-order valence-corrected chi connectivity index (χ4v) is 5.26. The van der Waals surface area contributed by atoms with Crippen LogP contribution in [0.2, 0.25) is 0 Å². The van der Waals surface area contributed by atoms with E-state index in [1.54, 1.807) is 80.6 Å². The predicted molar refractivity (Wildman–Crippen MR) is 197 cm³/mol. The summed E-state index contributed by atoms with van der Waals surface area (Å²) in [5.74, 6) is -0.743. The number of nitrogens with zero attached hydrogens (tertiary/aromatic N) is 5. The first-order valence-corrected chi connectivity index (χ1v) is 16.4. The maximum Gasteiger partial charge on any atom is 0.267 e. The van der Waals surface area contributed by atoms with Gasteiger partial charge in [0.2, 0.25) is 5.69 Å². The molecule has 6 aromatic rings. The predicted octanol–water partition coefficient (Wildman–Crippen LogP) is 9.62. The van der Waals surface area contributed by atoms with E-state index >= 15 is 4.39 Å². The van der Waals surface area contributed by atoms with Crippen molar-refractivity contribution in [2.24, 2.45) is 0 Å². The first-order chi connectivity index (χ1) is 25.5. The maximum atomic E-state index is 15.0. The second-order valence-electron chi connectivity index (χ2n) is 11.4. The Labute approximate surface area is 310 Å². The normalized spacial score (nSPS) is 10.2. The number of hydrogen-bond acceptors (Lipinski definition) is 6. The number of halogens is 3. The van der Waals surface area contributed by atoms with Crippen LogP contribution in [0.25, 0.3) is 14.5 Å². The summed E-state index contributed by atoms with van der Waals surface area (Å²) in [5, 5.41) is 12.6. The standard InChI is InChI=1S/C20H13FN4O2.C19H13BrFN3O2/c1-12-9-15(24-25-20(12)26)10-13-7-8-17(23-3)19(18(13)21)27-16-6-4-5-14(11-16)22-2;1-11-8-14(23-24-19(11)25)9-12-6-7-16(20)18(17(12)21)26-15-5-3-4-13(10-15)22-2/h4-9,11H,10H2,1H3,(H,25,26);3-8,10H,9H2,1H3,(H,24,25). The summed E-state index contributed by atoms with van der Waals surface area (Å²) >= 11 is 3.29. The summed E-state index contributed by atoms with van der Waals surface area (Å²) in [5.41, 5.74) is 2.89. The zero-order valence-corrected chi connectivity index (χ0v) is 29.6. The van der Waals surface area contributed by atoms with Gasteiger partial charge in [0.05, 0.1) is 35.6 Å². The van der Waals surface area contributed by atoms with Crippen LogP contribution < -0.4 is 20.6 Å². The molecule has 0 aliphatic carbocycles. The van der Waals surface area contributed by atoms with Gasteiger partial charge in [-0.3, -0.25) is 9.59 Å². The van der Waals surface area contributed by atoms with E-state index in [0.29, 0.717) is 49.7 Å². The van der Waals surface area contributed by atoms with Crippen LogP contribution in [0.3, 0.4) is 0 Å². The fourth-order valence-electron chi connectivity index (χ4n) is 4.87. The smallest absolute Gasteiger partial charge is 0.267 e. The number of ether oxygens (including phenoxy) is 2. The number of H-pyrrole nitrogens is 2. The van der Waals surface area contributed by atoms with Gasteiger partial charge in [-0.25, -0.2) is 33.5 Å². The van der Waals surface area contributed by atoms with Gasteiger partial charge in [-0.2, -0.15) is 10.2 Å². The molecule has 0 unspecified atom stereocenters. The lowest BCUT2D eigenvalue weighted by molar-refractivity contribution is 0.436. The molecule has 6 rings (SSSR count). The molecule has 0 spiro atoms. The lowest BCUT2D eigenvalue weighted by atomic mass is 10.1. The number of rotatable bonds is 8. The number of nitrogens with one attached hydrogen (secondary N) is 2. The second-order valence-corrected chi connectivity index (χ2v) is 12.2. The second kappa shape index (κ2) is 16.8. The number of aromatic nitrogens is 4. The topological polar surface area (TPSA) is 123 Å². The average molecular weight is 775 g/mol. The molecule has 4 aromatic carbocycles. The fraction of sp³-hybridized carbons (Fsp3) is 0.103. The molecule has 2 N–H and O–H groups in total. The quantitative estimate of drug-likeness (QED) is 0.149. The van der Waals surface area contributed by atoms with Crippen molar-refractivity contribution in [3.8, 4) is 23.0 Å². The van der Waals surface area contributed by atoms with Gasteiger partial charge in [-0.05, 0) is 83.4 Å². The van der Waals surface area contributed by atoms with Gasteiger partial charge in [-0.15, -0.1) is 0 Å². The molecule has 0 atom stereocenters. The molecular formula is C39H26BrF2N7O4. The summed E-state index contributed by atoms with van der Waals surface area (Å²) in [6.07, 6.45) is 0.329. The average Bonchev–Trinajstić information content (AvgIpc) is 3.16. The van der Waals surface area contributed by atoms with Crippen LogP contribution in [0.1, 0.15) is 33.6 Å². The van der Waals surface area contributed by atoms with Crippen molar-refractivity contribution in [1.29, 1.82) is 0 Å². The van der Waals surface area contributed by atoms with Crippen LogP contribution >= 0.6 is 15.9 Å². The molecule has 262 valence electrons. The number of hydrogen-bond donors (Lipinski definition) is 2. The Bertz CT molecular complexity index is 2590. The summed E-state index contributed by atoms with van der Waals surface area (Å²) in [7, 11) is 0. The highest BCUT2D eigenvalue weighted by atomic mass is 79.9. The first-order valence-electron chi connectivity index (χ1n) is 15.6. The minimum Gasteiger partial charge on any atom is -0.467 e. The Balaban J connectivity index is 0.000000204. The molecule has 0 bridgehead atoms. The molecular weight excluding hydrogens is 748 g/mol. The first kappa shape index (κ1) is 37.3. The van der Waals surface area contributed by atoms with Crippen molar-refractivity contribution in [1.82, 2.24) is 20.4 Å². The summed E-state index contributed by atoms with van der Waals surface area (Å²) in [4.78, 5) is 32.8. The van der Waals surface area contributed by atoms with Crippen molar-refractivity contribution in [2.75, 3.05) is 0 Å². The van der Waals surface area contributed by atoms with Gasteiger partial charge in [0, 0.05) is 24.0 Å². The molecule has 2 aromatic heterocycles. The molecule has 14 heteroatoms. The van der Waals surface area contributed by atoms with E-state index in [2.05, 4.69) is 50.9 Å². The summed E-state index contributed by atoms with van der Waals surface area (Å²) < 4.78 is 41.7. The molecule has 11 nitrogen and oxygen atoms in total. The highest BCUT2D eigenvalue weighted by Gasteiger charge is 2.18. The van der Waals surface area contributed by atoms with E-state index < -0.39 is 11.6 Å². The lowest BCUT2D eigenvalue weighted by Crippen LogP contribution is -2.13. The molecule has 0 radical (unpaired) electrons. The maximum absolute atomic E-state index is 15.0. The molecule has 0 saturated carbocycles. The van der Waals surface area contributed by atoms with E-state index in [-0.39, 0.29) is 52.5 Å². The third kappa shape index (κ3) is 9.24. The van der Waals surface area contributed by atoms with Crippen LogP contribution in [0.4, 0.5) is 25.8 Å². The third-order valence-electron chi connectivity index (χ3n) is 7.57. The van der Waals surface area contributed by atoms with Gasteiger partial charge < -0.3 is 9.47 Å². The van der Waals surface area contributed by atoms with Crippen LogP contribution in [-0.4, -0.2) is 20.4 Å². The Morgan fingerprint density at radius 3 is 1.60 bits per heavy atom. The van der Waals surface area contributed by atoms with Crippen molar-refractivity contribution in [2.45, 2.75) is 26.7 Å². The van der Waals surface area contributed by atoms with Gasteiger partial charge in [-0.1, -0.05) is 42.5 Å². The van der Waals surface area contributed by atoms with E-state index in [9.17, 15) is 14.0 Å². The van der Waals surface area contributed by atoms with E-state index in [1.807, 2.05) is 0 Å². The highest BCUT2D eigenvalue weighted by molar-refractivity contribution is 9.10. The molecule has 0 amide bonds. The van der Waals surface area contributed by atoms with Gasteiger partial charge >= 0.3 is 0 Å². The van der Waals surface area contributed by atoms with Gasteiger partial charge in [0.1, 0.15) is 11.5 Å². The van der Waals surface area contributed by atoms with E-state index in [4.69, 9.17) is 29.2 Å². The Morgan fingerprint density at radius 2 is 1.13 bits per heavy atom. The SMILES string of the molecule is [C-]#[N+]c1cccc(Oc2c(Br)ccc(Cc3cc(C)c(=O)[nH]n3)c2F)c1.[C-]#[N+]c1cccc(Oc2c([N+]#[C-])ccc(Cc3cc(C)c(=O)[nH]n3)c2F)c1. The minimum absolute atomic E-state index is 0.0232. The minimum atomic E-state index is -0.678. The Kier molecular flexibility index (Phi) is 11.9. The molecule has 53 heavy (non-hydrogen) atoms.